The molecule has 2 rings (SSSR count). The molecule has 1 amide bonds. The number of hydrogen-bond acceptors (Lipinski definition) is 4. The number of alkyl carbamates (subject to hydrolysis) is 1. The van der Waals surface area contributed by atoms with Crippen molar-refractivity contribution in [2.45, 2.75) is 45.1 Å². The smallest absolute Gasteiger partial charge is 0.408 e. The number of benzene rings is 1. The van der Waals surface area contributed by atoms with Crippen LogP contribution in [0.4, 0.5) is 4.79 Å². The molecule has 1 aromatic carbocycles. The topological polar surface area (TPSA) is 60.1 Å². The Kier molecular flexibility index (Phi) is 5.20. The van der Waals surface area contributed by atoms with Crippen LogP contribution in [0.1, 0.15) is 26.3 Å². The molecule has 0 spiro atoms. The van der Waals surface area contributed by atoms with Crippen LogP contribution in [0.15, 0.2) is 30.3 Å². The van der Waals surface area contributed by atoms with Crippen molar-refractivity contribution in [3.05, 3.63) is 35.9 Å². The van der Waals surface area contributed by atoms with Crippen molar-refractivity contribution in [1.29, 1.82) is 0 Å². The summed E-state index contributed by atoms with van der Waals surface area (Å²) in [4.78, 5) is 11.8. The summed E-state index contributed by atoms with van der Waals surface area (Å²) in [5, 5.41) is 2.81. The van der Waals surface area contributed by atoms with Gasteiger partial charge in [0, 0.05) is 0 Å². The monoisotopic (exact) mass is 293 g/mol. The van der Waals surface area contributed by atoms with Crippen LogP contribution in [-0.4, -0.2) is 37.1 Å². The quantitative estimate of drug-likeness (QED) is 0.819. The highest BCUT2D eigenvalue weighted by Gasteiger charge is 2.35. The van der Waals surface area contributed by atoms with E-state index in [4.69, 9.17) is 14.2 Å². The number of hydrogen-bond donors (Lipinski definition) is 1. The summed E-state index contributed by atoms with van der Waals surface area (Å²) in [6, 6.07) is 9.74. The maximum absolute atomic E-state index is 11.8. The normalized spacial score (nSPS) is 18.9. The zero-order valence-corrected chi connectivity index (χ0v) is 12.8. The van der Waals surface area contributed by atoms with Gasteiger partial charge in [-0.05, 0) is 26.3 Å². The summed E-state index contributed by atoms with van der Waals surface area (Å²) in [5.41, 5.74) is 0.592. The van der Waals surface area contributed by atoms with Crippen molar-refractivity contribution in [2.75, 3.05) is 13.2 Å². The van der Waals surface area contributed by atoms with Gasteiger partial charge in [0.1, 0.15) is 11.7 Å². The molecule has 5 nitrogen and oxygen atoms in total. The van der Waals surface area contributed by atoms with Crippen LogP contribution in [0.25, 0.3) is 0 Å². The van der Waals surface area contributed by atoms with Gasteiger partial charge in [-0.3, -0.25) is 0 Å². The van der Waals surface area contributed by atoms with E-state index in [2.05, 4.69) is 5.32 Å². The van der Waals surface area contributed by atoms with E-state index in [1.54, 1.807) is 0 Å². The Morgan fingerprint density at radius 1 is 1.38 bits per heavy atom. The second kappa shape index (κ2) is 6.91. The van der Waals surface area contributed by atoms with Gasteiger partial charge in [-0.2, -0.15) is 0 Å². The largest absolute Gasteiger partial charge is 0.444 e. The average molecular weight is 293 g/mol. The van der Waals surface area contributed by atoms with Crippen LogP contribution in [0, 0.1) is 0 Å². The molecule has 0 radical (unpaired) electrons. The molecule has 0 aromatic heterocycles. The fourth-order valence-electron chi connectivity index (χ4n) is 1.87. The summed E-state index contributed by atoms with van der Waals surface area (Å²) < 4.78 is 16.2. The van der Waals surface area contributed by atoms with Crippen LogP contribution in [0.5, 0.6) is 0 Å². The number of nitrogens with one attached hydrogen (secondary N) is 1. The van der Waals surface area contributed by atoms with Crippen molar-refractivity contribution < 1.29 is 19.0 Å². The second-order valence-corrected chi connectivity index (χ2v) is 6.13. The average Bonchev–Trinajstić information content (AvgIpc) is 3.21. The molecule has 1 aliphatic rings. The lowest BCUT2D eigenvalue weighted by atomic mass is 10.2. The Balaban J connectivity index is 1.76. The zero-order chi connectivity index (χ0) is 15.3. The van der Waals surface area contributed by atoms with E-state index in [-0.39, 0.29) is 12.1 Å². The van der Waals surface area contributed by atoms with E-state index in [0.29, 0.717) is 19.8 Å². The van der Waals surface area contributed by atoms with Crippen molar-refractivity contribution in [2.24, 2.45) is 0 Å². The van der Waals surface area contributed by atoms with Crippen molar-refractivity contribution in [3.63, 3.8) is 0 Å². The molecule has 2 atom stereocenters. The first kappa shape index (κ1) is 15.8. The first-order valence-corrected chi connectivity index (χ1v) is 7.17. The number of amides is 1. The molecular formula is C16H23NO4. The molecule has 1 N–H and O–H groups in total. The molecule has 5 heteroatoms. The molecule has 1 aliphatic heterocycles. The molecule has 1 unspecified atom stereocenters. The van der Waals surface area contributed by atoms with Gasteiger partial charge in [0.05, 0.1) is 25.9 Å². The van der Waals surface area contributed by atoms with Crippen LogP contribution in [0.3, 0.4) is 0 Å². The van der Waals surface area contributed by atoms with Gasteiger partial charge in [0.25, 0.3) is 0 Å². The predicted octanol–water partition coefficient (Wildman–Crippen LogP) is 2.50. The Morgan fingerprint density at radius 2 is 2.05 bits per heavy atom. The Bertz CT molecular complexity index is 451. The Labute approximate surface area is 125 Å². The van der Waals surface area contributed by atoms with E-state index in [1.165, 1.54) is 0 Å². The molecule has 0 aliphatic carbocycles. The molecule has 0 saturated carbocycles. The summed E-state index contributed by atoms with van der Waals surface area (Å²) in [7, 11) is 0. The van der Waals surface area contributed by atoms with E-state index in [1.807, 2.05) is 51.1 Å². The van der Waals surface area contributed by atoms with Gasteiger partial charge in [-0.25, -0.2) is 4.79 Å². The molecule has 116 valence electrons. The third-order valence-corrected chi connectivity index (χ3v) is 2.92. The van der Waals surface area contributed by atoms with Crippen LogP contribution < -0.4 is 5.32 Å². The van der Waals surface area contributed by atoms with Gasteiger partial charge in [0.2, 0.25) is 0 Å². The lowest BCUT2D eigenvalue weighted by molar-refractivity contribution is 0.0403. The molecule has 1 heterocycles. The van der Waals surface area contributed by atoms with E-state index in [9.17, 15) is 4.79 Å². The summed E-state index contributed by atoms with van der Waals surface area (Å²) in [5.74, 6) is 0. The highest BCUT2D eigenvalue weighted by molar-refractivity contribution is 5.68. The van der Waals surface area contributed by atoms with Crippen LogP contribution in [0.2, 0.25) is 0 Å². The van der Waals surface area contributed by atoms with Crippen molar-refractivity contribution in [3.8, 4) is 0 Å². The van der Waals surface area contributed by atoms with E-state index < -0.39 is 11.7 Å². The lowest BCUT2D eigenvalue weighted by Crippen LogP contribution is -2.44. The fourth-order valence-corrected chi connectivity index (χ4v) is 1.87. The van der Waals surface area contributed by atoms with Crippen LogP contribution >= 0.6 is 0 Å². The Hall–Kier alpha value is -1.59. The van der Waals surface area contributed by atoms with Crippen LogP contribution in [-0.2, 0) is 20.8 Å². The standard InChI is InChI=1S/C16H23NO4/c1-16(2,3)21-15(18)17-13(14-11-20-14)10-19-9-12-7-5-4-6-8-12/h4-8,13-14H,9-11H2,1-3H3,(H,17,18)/t13-,14?/m0/s1. The summed E-state index contributed by atoms with van der Waals surface area (Å²) in [6.45, 7) is 7.07. The van der Waals surface area contributed by atoms with Gasteiger partial charge in [-0.1, -0.05) is 30.3 Å². The summed E-state index contributed by atoms with van der Waals surface area (Å²) >= 11 is 0. The highest BCUT2D eigenvalue weighted by atomic mass is 16.6. The van der Waals surface area contributed by atoms with Gasteiger partial charge in [-0.15, -0.1) is 0 Å². The number of ether oxygens (including phenoxy) is 3. The minimum absolute atomic E-state index is 0.0216. The molecule has 0 bridgehead atoms. The van der Waals surface area contributed by atoms with E-state index in [0.717, 1.165) is 5.56 Å². The Morgan fingerprint density at radius 3 is 2.62 bits per heavy atom. The summed E-state index contributed by atoms with van der Waals surface area (Å²) in [6.07, 6.45) is -0.417. The zero-order valence-electron chi connectivity index (χ0n) is 12.8. The SMILES string of the molecule is CC(C)(C)OC(=O)N[C@@H](COCc1ccccc1)C1CO1. The third-order valence-electron chi connectivity index (χ3n) is 2.92. The van der Waals surface area contributed by atoms with Crippen molar-refractivity contribution >= 4 is 6.09 Å². The number of rotatable bonds is 6. The second-order valence-electron chi connectivity index (χ2n) is 6.13. The first-order valence-electron chi connectivity index (χ1n) is 7.17. The first-order chi connectivity index (χ1) is 9.94. The molecule has 1 fully saturated rings. The maximum atomic E-state index is 11.8. The van der Waals surface area contributed by atoms with Gasteiger partial charge >= 0.3 is 6.09 Å². The van der Waals surface area contributed by atoms with Gasteiger partial charge < -0.3 is 19.5 Å². The molecular weight excluding hydrogens is 270 g/mol. The number of carbonyl (C=O) groups excluding carboxylic acids is 1. The lowest BCUT2D eigenvalue weighted by Gasteiger charge is -2.23. The maximum Gasteiger partial charge on any atom is 0.408 e. The highest BCUT2D eigenvalue weighted by Crippen LogP contribution is 2.16. The molecule has 1 aromatic rings. The fraction of sp³-hybridized carbons (Fsp3) is 0.562. The van der Waals surface area contributed by atoms with Crippen molar-refractivity contribution in [1.82, 2.24) is 5.32 Å². The van der Waals surface area contributed by atoms with Gasteiger partial charge in [0.15, 0.2) is 0 Å². The molecule has 21 heavy (non-hydrogen) atoms. The predicted molar refractivity (Wildman–Crippen MR) is 79.0 cm³/mol. The minimum atomic E-state index is -0.510. The third kappa shape index (κ3) is 6.14. The number of carbonyl (C=O) groups is 1. The number of epoxide rings is 1. The minimum Gasteiger partial charge on any atom is -0.444 e. The van der Waals surface area contributed by atoms with E-state index >= 15 is 0 Å². The molecule has 1 saturated heterocycles.